The van der Waals surface area contributed by atoms with Crippen molar-refractivity contribution < 1.29 is 28.9 Å². The number of carbonyl (C=O) groups excluding carboxylic acids is 2. The average molecular weight is 398 g/mol. The fourth-order valence-corrected chi connectivity index (χ4v) is 3.16. The average Bonchev–Trinajstić information content (AvgIpc) is 2.81. The van der Waals surface area contributed by atoms with Crippen molar-refractivity contribution in [2.45, 2.75) is 20.0 Å². The number of hydrogen-bond acceptors (Lipinski definition) is 7. The molecule has 1 unspecified atom stereocenters. The van der Waals surface area contributed by atoms with Crippen LogP contribution in [0.2, 0.25) is 0 Å². The van der Waals surface area contributed by atoms with E-state index in [1.807, 2.05) is 0 Å². The van der Waals surface area contributed by atoms with Gasteiger partial charge in [0.05, 0.1) is 43.4 Å². The van der Waals surface area contributed by atoms with Crippen LogP contribution in [0, 0.1) is 0 Å². The number of fused-ring (bicyclic) bond motifs is 1. The Morgan fingerprint density at radius 2 is 1.90 bits per heavy atom. The van der Waals surface area contributed by atoms with Crippen molar-refractivity contribution in [3.8, 4) is 22.8 Å². The fraction of sp³-hybridized carbons (Fsp3) is 0.286. The van der Waals surface area contributed by atoms with E-state index in [0.717, 1.165) is 0 Å². The molecule has 0 fully saturated rings. The first kappa shape index (κ1) is 20.3. The number of nitrogens with one attached hydrogen (secondary N) is 1. The predicted molar refractivity (Wildman–Crippen MR) is 105 cm³/mol. The Bertz CT molecular complexity index is 999. The maximum Gasteiger partial charge on any atom is 0.338 e. The molecule has 0 bridgehead atoms. The lowest BCUT2D eigenvalue weighted by Crippen LogP contribution is -2.23. The van der Waals surface area contributed by atoms with Crippen LogP contribution in [-0.2, 0) is 9.53 Å². The molecule has 2 aromatic rings. The van der Waals surface area contributed by atoms with E-state index < -0.39 is 18.0 Å². The van der Waals surface area contributed by atoms with E-state index in [-0.39, 0.29) is 29.1 Å². The molecule has 0 spiro atoms. The number of rotatable bonds is 5. The van der Waals surface area contributed by atoms with Gasteiger partial charge in [-0.15, -0.1) is 0 Å². The van der Waals surface area contributed by atoms with Gasteiger partial charge < -0.3 is 24.6 Å². The monoisotopic (exact) mass is 398 g/mol. The maximum absolute atomic E-state index is 12.6. The van der Waals surface area contributed by atoms with E-state index in [4.69, 9.17) is 14.2 Å². The second-order valence-electron chi connectivity index (χ2n) is 6.31. The smallest absolute Gasteiger partial charge is 0.338 e. The Labute approximate surface area is 168 Å². The number of nitrogens with zero attached hydrogens (tertiary/aromatic N) is 1. The van der Waals surface area contributed by atoms with Crippen LogP contribution in [0.5, 0.6) is 11.5 Å². The summed E-state index contributed by atoms with van der Waals surface area (Å²) in [6.07, 6.45) is -1.42. The van der Waals surface area contributed by atoms with Crippen molar-refractivity contribution in [3.05, 3.63) is 52.9 Å². The summed E-state index contributed by atoms with van der Waals surface area (Å²) >= 11 is 0. The molecular weight excluding hydrogens is 376 g/mol. The van der Waals surface area contributed by atoms with E-state index in [0.29, 0.717) is 22.8 Å². The summed E-state index contributed by atoms with van der Waals surface area (Å²) in [5.74, 6) is -0.0406. The van der Waals surface area contributed by atoms with Gasteiger partial charge in [0.2, 0.25) is 0 Å². The summed E-state index contributed by atoms with van der Waals surface area (Å²) in [5, 5.41) is 13.5. The summed E-state index contributed by atoms with van der Waals surface area (Å²) in [4.78, 5) is 29.4. The van der Waals surface area contributed by atoms with Gasteiger partial charge in [-0.1, -0.05) is 0 Å². The molecule has 0 aliphatic carbocycles. The number of ether oxygens (including phenoxy) is 3. The van der Waals surface area contributed by atoms with Gasteiger partial charge in [-0.3, -0.25) is 4.79 Å². The summed E-state index contributed by atoms with van der Waals surface area (Å²) in [7, 11) is 3.07. The topological polar surface area (TPSA) is 107 Å². The second kappa shape index (κ2) is 8.32. The third kappa shape index (κ3) is 3.79. The third-order valence-electron chi connectivity index (χ3n) is 4.59. The predicted octanol–water partition coefficient (Wildman–Crippen LogP) is 2.38. The van der Waals surface area contributed by atoms with Gasteiger partial charge in [-0.2, -0.15) is 0 Å². The van der Waals surface area contributed by atoms with Gasteiger partial charge in [-0.25, -0.2) is 9.78 Å². The highest BCUT2D eigenvalue weighted by atomic mass is 16.5. The Morgan fingerprint density at radius 3 is 2.55 bits per heavy atom. The Hall–Kier alpha value is -3.39. The number of hydrogen-bond donors (Lipinski definition) is 2. The molecule has 0 saturated carbocycles. The molecule has 1 amide bonds. The minimum absolute atomic E-state index is 0.0507. The number of methoxy groups -OCH3 is 2. The molecule has 1 aromatic heterocycles. The molecule has 29 heavy (non-hydrogen) atoms. The third-order valence-corrected chi connectivity index (χ3v) is 4.59. The molecule has 1 aromatic carbocycles. The van der Waals surface area contributed by atoms with Gasteiger partial charge in [0.1, 0.15) is 17.6 Å². The van der Waals surface area contributed by atoms with Crippen LogP contribution in [0.1, 0.15) is 36.0 Å². The number of aliphatic hydroxyl groups excluding tert-OH is 1. The van der Waals surface area contributed by atoms with E-state index in [9.17, 15) is 14.7 Å². The first-order valence-electron chi connectivity index (χ1n) is 9.01. The summed E-state index contributed by atoms with van der Waals surface area (Å²) in [6, 6.07) is 8.44. The normalized spacial score (nSPS) is 15.9. The van der Waals surface area contributed by atoms with Crippen LogP contribution in [0.15, 0.2) is 41.6 Å². The Kier molecular flexibility index (Phi) is 5.84. The highest BCUT2D eigenvalue weighted by molar-refractivity contribution is 6.01. The minimum atomic E-state index is -1.42. The van der Waals surface area contributed by atoms with Crippen molar-refractivity contribution in [2.24, 2.45) is 0 Å². The largest absolute Gasteiger partial charge is 0.497 e. The van der Waals surface area contributed by atoms with Crippen LogP contribution in [0.4, 0.5) is 0 Å². The summed E-state index contributed by atoms with van der Waals surface area (Å²) in [6.45, 7) is 3.34. The zero-order valence-electron chi connectivity index (χ0n) is 16.6. The molecule has 2 N–H and O–H groups in total. The number of allylic oxidation sites excluding steroid dienone is 1. The van der Waals surface area contributed by atoms with E-state index in [2.05, 4.69) is 10.3 Å². The van der Waals surface area contributed by atoms with Crippen LogP contribution in [-0.4, -0.2) is 42.8 Å². The van der Waals surface area contributed by atoms with Crippen molar-refractivity contribution >= 4 is 11.9 Å². The Morgan fingerprint density at radius 1 is 1.17 bits per heavy atom. The molecule has 1 atom stereocenters. The zero-order chi connectivity index (χ0) is 21.1. The van der Waals surface area contributed by atoms with Gasteiger partial charge in [0, 0.05) is 17.3 Å². The molecule has 1 aliphatic rings. The van der Waals surface area contributed by atoms with Crippen LogP contribution in [0.25, 0.3) is 11.3 Å². The molecule has 2 heterocycles. The van der Waals surface area contributed by atoms with Crippen LogP contribution in [0.3, 0.4) is 0 Å². The quantitative estimate of drug-likeness (QED) is 0.745. The molecule has 8 heteroatoms. The molecule has 1 aliphatic heterocycles. The number of esters is 1. The first-order chi connectivity index (χ1) is 13.9. The molecule has 152 valence electrons. The van der Waals surface area contributed by atoms with E-state index >= 15 is 0 Å². The van der Waals surface area contributed by atoms with Crippen LogP contribution < -0.4 is 14.8 Å². The molecule has 0 saturated heterocycles. The SMILES string of the molecule is CCOC(=O)C1=C(C)NC(=O)c2ccc(-c3ccc(OC)cc3OC)nc2C1O. The zero-order valence-corrected chi connectivity index (χ0v) is 16.6. The van der Waals surface area contributed by atoms with Crippen molar-refractivity contribution in [2.75, 3.05) is 20.8 Å². The number of amides is 1. The summed E-state index contributed by atoms with van der Waals surface area (Å²) in [5.41, 5.74) is 1.53. The minimum Gasteiger partial charge on any atom is -0.497 e. The van der Waals surface area contributed by atoms with Crippen molar-refractivity contribution in [3.63, 3.8) is 0 Å². The van der Waals surface area contributed by atoms with Crippen molar-refractivity contribution in [1.29, 1.82) is 0 Å². The molecular formula is C21H22N2O6. The highest BCUT2D eigenvalue weighted by Crippen LogP contribution is 2.35. The maximum atomic E-state index is 12.6. The fourth-order valence-electron chi connectivity index (χ4n) is 3.16. The van der Waals surface area contributed by atoms with Gasteiger partial charge in [0.15, 0.2) is 0 Å². The van der Waals surface area contributed by atoms with Gasteiger partial charge in [-0.05, 0) is 38.1 Å². The highest BCUT2D eigenvalue weighted by Gasteiger charge is 2.33. The molecule has 3 rings (SSSR count). The number of benzene rings is 1. The van der Waals surface area contributed by atoms with Crippen molar-refractivity contribution in [1.82, 2.24) is 10.3 Å². The number of aromatic nitrogens is 1. The standard InChI is InChI=1S/C21H22N2O6/c1-5-29-21(26)17-11(2)22-20(25)14-8-9-15(23-18(14)19(17)24)13-7-6-12(27-3)10-16(13)28-4/h6-10,19,24H,5H2,1-4H3,(H,22,25). The number of carbonyl (C=O) groups is 2. The first-order valence-corrected chi connectivity index (χ1v) is 9.01. The lowest BCUT2D eigenvalue weighted by molar-refractivity contribution is -0.139. The second-order valence-corrected chi connectivity index (χ2v) is 6.31. The van der Waals surface area contributed by atoms with Gasteiger partial charge >= 0.3 is 5.97 Å². The van der Waals surface area contributed by atoms with E-state index in [1.54, 1.807) is 44.4 Å². The number of pyridine rings is 1. The molecule has 0 radical (unpaired) electrons. The molecule has 8 nitrogen and oxygen atoms in total. The lowest BCUT2D eigenvalue weighted by Gasteiger charge is -2.16. The Balaban J connectivity index is 2.14. The van der Waals surface area contributed by atoms with Crippen LogP contribution >= 0.6 is 0 Å². The lowest BCUT2D eigenvalue weighted by atomic mass is 10.0. The summed E-state index contributed by atoms with van der Waals surface area (Å²) < 4.78 is 15.7. The van der Waals surface area contributed by atoms with E-state index in [1.165, 1.54) is 14.0 Å². The van der Waals surface area contributed by atoms with Gasteiger partial charge in [0.25, 0.3) is 5.91 Å². The number of aliphatic hydroxyl groups is 1.